The Hall–Kier alpha value is -1.99. The van der Waals surface area contributed by atoms with Crippen molar-refractivity contribution in [3.8, 4) is 0 Å². The van der Waals surface area contributed by atoms with E-state index >= 15 is 0 Å². The van der Waals surface area contributed by atoms with Gasteiger partial charge in [-0.25, -0.2) is 0 Å². The molecule has 1 fully saturated rings. The van der Waals surface area contributed by atoms with Gasteiger partial charge >= 0.3 is 0 Å². The Kier molecular flexibility index (Phi) is 6.90. The fourth-order valence-corrected chi connectivity index (χ4v) is 3.36. The van der Waals surface area contributed by atoms with Crippen LogP contribution in [-0.2, 0) is 4.79 Å². The number of hydrogen-bond acceptors (Lipinski definition) is 5. The van der Waals surface area contributed by atoms with Gasteiger partial charge in [0.1, 0.15) is 0 Å². The number of anilines is 1. The van der Waals surface area contributed by atoms with Crippen molar-refractivity contribution in [3.63, 3.8) is 0 Å². The van der Waals surface area contributed by atoms with Gasteiger partial charge in [0, 0.05) is 43.9 Å². The summed E-state index contributed by atoms with van der Waals surface area (Å²) in [6.45, 7) is 5.77. The predicted octanol–water partition coefficient (Wildman–Crippen LogP) is 2.51. The Balaban J connectivity index is 1.77. The molecule has 1 atom stereocenters. The predicted molar refractivity (Wildman–Crippen MR) is 98.8 cm³/mol. The highest BCUT2D eigenvalue weighted by atomic mass is 16.6. The molecule has 0 unspecified atom stereocenters. The van der Waals surface area contributed by atoms with Crippen molar-refractivity contribution in [1.29, 1.82) is 0 Å². The van der Waals surface area contributed by atoms with Crippen LogP contribution in [0.1, 0.15) is 24.8 Å². The number of carbonyl (C=O) groups is 1. The second kappa shape index (κ2) is 8.92. The first-order valence-electron chi connectivity index (χ1n) is 8.77. The summed E-state index contributed by atoms with van der Waals surface area (Å²) < 4.78 is 0. The second-order valence-electron chi connectivity index (χ2n) is 7.09. The maximum Gasteiger partial charge on any atom is 0.269 e. The molecule has 138 valence electrons. The topological polar surface area (TPSA) is 78.7 Å². The van der Waals surface area contributed by atoms with E-state index in [1.807, 2.05) is 0 Å². The van der Waals surface area contributed by atoms with Crippen molar-refractivity contribution in [1.82, 2.24) is 9.80 Å². The van der Waals surface area contributed by atoms with Gasteiger partial charge in [0.2, 0.25) is 5.91 Å². The molecule has 1 N–H and O–H groups in total. The lowest BCUT2D eigenvalue weighted by Gasteiger charge is -2.32. The third-order valence-electron chi connectivity index (χ3n) is 4.71. The van der Waals surface area contributed by atoms with E-state index in [2.05, 4.69) is 29.2 Å². The average Bonchev–Trinajstić information content (AvgIpc) is 2.54. The summed E-state index contributed by atoms with van der Waals surface area (Å²) in [5.74, 6) is 0.605. The van der Waals surface area contributed by atoms with Crippen molar-refractivity contribution in [2.45, 2.75) is 26.2 Å². The lowest BCUT2D eigenvalue weighted by Crippen LogP contribution is -2.38. The first-order valence-corrected chi connectivity index (χ1v) is 8.77. The van der Waals surface area contributed by atoms with Crippen LogP contribution in [0, 0.1) is 23.0 Å². The molecule has 1 saturated heterocycles. The molecule has 1 aliphatic heterocycles. The molecule has 1 aliphatic rings. The second-order valence-corrected chi connectivity index (χ2v) is 7.09. The molecule has 1 aromatic carbocycles. The zero-order chi connectivity index (χ0) is 18.4. The van der Waals surface area contributed by atoms with Crippen LogP contribution in [0.25, 0.3) is 0 Å². The van der Waals surface area contributed by atoms with Gasteiger partial charge < -0.3 is 15.1 Å². The number of aryl methyl sites for hydroxylation is 1. The molecule has 0 aliphatic carbocycles. The third-order valence-corrected chi connectivity index (χ3v) is 4.71. The Morgan fingerprint density at radius 3 is 2.88 bits per heavy atom. The zero-order valence-electron chi connectivity index (χ0n) is 15.3. The van der Waals surface area contributed by atoms with Gasteiger partial charge in [-0.2, -0.15) is 0 Å². The molecule has 0 spiro atoms. The fourth-order valence-electron chi connectivity index (χ4n) is 3.36. The number of carbonyl (C=O) groups excluding carboxylic acids is 1. The molecule has 2 rings (SSSR count). The van der Waals surface area contributed by atoms with Gasteiger partial charge in [-0.1, -0.05) is 0 Å². The fraction of sp³-hybridized carbons (Fsp3) is 0.611. The van der Waals surface area contributed by atoms with Crippen molar-refractivity contribution in [2.24, 2.45) is 5.92 Å². The van der Waals surface area contributed by atoms with Crippen molar-refractivity contribution >= 4 is 17.3 Å². The molecule has 1 amide bonds. The Morgan fingerprint density at radius 2 is 2.24 bits per heavy atom. The van der Waals surface area contributed by atoms with E-state index in [1.165, 1.54) is 31.5 Å². The van der Waals surface area contributed by atoms with Crippen LogP contribution in [0.5, 0.6) is 0 Å². The van der Waals surface area contributed by atoms with Crippen LogP contribution >= 0.6 is 0 Å². The van der Waals surface area contributed by atoms with Crippen LogP contribution in [0.15, 0.2) is 18.2 Å². The van der Waals surface area contributed by atoms with Crippen LogP contribution < -0.4 is 5.32 Å². The largest absolute Gasteiger partial charge is 0.326 e. The Bertz CT molecular complexity index is 620. The van der Waals surface area contributed by atoms with E-state index in [-0.39, 0.29) is 11.6 Å². The van der Waals surface area contributed by atoms with Crippen molar-refractivity contribution < 1.29 is 9.72 Å². The Labute approximate surface area is 149 Å². The van der Waals surface area contributed by atoms with E-state index in [9.17, 15) is 14.9 Å². The van der Waals surface area contributed by atoms with Gasteiger partial charge in [-0.3, -0.25) is 14.9 Å². The van der Waals surface area contributed by atoms with Gasteiger partial charge in [0.15, 0.2) is 0 Å². The molecule has 25 heavy (non-hydrogen) atoms. The first-order chi connectivity index (χ1) is 11.8. The SMILES string of the molecule is Cc1cc([N+](=O)[O-])ccc1NC(=O)CCN(C)C[C@H]1CCCN(C)C1. The van der Waals surface area contributed by atoms with Gasteiger partial charge in [-0.05, 0) is 58.0 Å². The lowest BCUT2D eigenvalue weighted by molar-refractivity contribution is -0.384. The van der Waals surface area contributed by atoms with E-state index < -0.39 is 4.92 Å². The number of nitro groups is 1. The molecule has 1 aromatic rings. The minimum Gasteiger partial charge on any atom is -0.326 e. The molecule has 7 heteroatoms. The number of amides is 1. The quantitative estimate of drug-likeness (QED) is 0.605. The lowest BCUT2D eigenvalue weighted by atomic mass is 9.98. The number of nitrogens with one attached hydrogen (secondary N) is 1. The molecule has 7 nitrogen and oxygen atoms in total. The Morgan fingerprint density at radius 1 is 1.48 bits per heavy atom. The number of nitro benzene ring substituents is 1. The van der Waals surface area contributed by atoms with Crippen LogP contribution in [0.3, 0.4) is 0 Å². The zero-order valence-corrected chi connectivity index (χ0v) is 15.3. The summed E-state index contributed by atoms with van der Waals surface area (Å²) in [5, 5.41) is 13.6. The number of hydrogen-bond donors (Lipinski definition) is 1. The number of non-ortho nitro benzene ring substituents is 1. The highest BCUT2D eigenvalue weighted by Crippen LogP contribution is 2.21. The first kappa shape index (κ1) is 19.3. The summed E-state index contributed by atoms with van der Waals surface area (Å²) in [4.78, 5) is 27.1. The normalized spacial score (nSPS) is 18.3. The van der Waals surface area contributed by atoms with Gasteiger partial charge in [-0.15, -0.1) is 0 Å². The van der Waals surface area contributed by atoms with Crippen LogP contribution in [0.4, 0.5) is 11.4 Å². The third kappa shape index (κ3) is 6.10. The summed E-state index contributed by atoms with van der Waals surface area (Å²) in [6.07, 6.45) is 2.91. The van der Waals surface area contributed by atoms with Crippen LogP contribution in [0.2, 0.25) is 0 Å². The van der Waals surface area contributed by atoms with E-state index in [1.54, 1.807) is 13.0 Å². The highest BCUT2D eigenvalue weighted by molar-refractivity contribution is 5.91. The minimum atomic E-state index is -0.434. The molecular formula is C18H28N4O3. The summed E-state index contributed by atoms with van der Waals surface area (Å²) in [5.41, 5.74) is 1.36. The molecule has 0 aromatic heterocycles. The molecule has 0 radical (unpaired) electrons. The van der Waals surface area contributed by atoms with E-state index in [4.69, 9.17) is 0 Å². The summed E-state index contributed by atoms with van der Waals surface area (Å²) in [6, 6.07) is 4.47. The molecule has 1 heterocycles. The van der Waals surface area contributed by atoms with Gasteiger partial charge in [0.25, 0.3) is 5.69 Å². The number of rotatable bonds is 7. The standard InChI is InChI=1S/C18H28N4O3/c1-14-11-16(22(24)25)6-7-17(14)19-18(23)8-10-21(3)13-15-5-4-9-20(2)12-15/h6-7,11,15H,4-5,8-10,12-13H2,1-3H3,(H,19,23)/t15-/m0/s1. The van der Waals surface area contributed by atoms with Gasteiger partial charge in [0.05, 0.1) is 4.92 Å². The molecule has 0 bridgehead atoms. The summed E-state index contributed by atoms with van der Waals surface area (Å²) in [7, 11) is 4.21. The smallest absolute Gasteiger partial charge is 0.269 e. The van der Waals surface area contributed by atoms with Crippen molar-refractivity contribution in [3.05, 3.63) is 33.9 Å². The van der Waals surface area contributed by atoms with Crippen molar-refractivity contribution in [2.75, 3.05) is 45.6 Å². The monoisotopic (exact) mass is 348 g/mol. The maximum absolute atomic E-state index is 12.2. The number of nitrogens with zero attached hydrogens (tertiary/aromatic N) is 3. The highest BCUT2D eigenvalue weighted by Gasteiger charge is 2.19. The minimum absolute atomic E-state index is 0.0349. The molecular weight excluding hydrogens is 320 g/mol. The number of piperidine rings is 1. The van der Waals surface area contributed by atoms with E-state index in [0.717, 1.165) is 13.1 Å². The maximum atomic E-state index is 12.2. The van der Waals surface area contributed by atoms with E-state index in [0.29, 0.717) is 30.1 Å². The molecule has 0 saturated carbocycles. The number of benzene rings is 1. The number of likely N-dealkylation sites (tertiary alicyclic amines) is 1. The average molecular weight is 348 g/mol. The van der Waals surface area contributed by atoms with Crippen LogP contribution in [-0.4, -0.2) is 60.9 Å². The summed E-state index contributed by atoms with van der Waals surface area (Å²) >= 11 is 0.